The van der Waals surface area contributed by atoms with Crippen LogP contribution in [0.4, 0.5) is 4.79 Å². The molecule has 2 atom stereocenters. The lowest BCUT2D eigenvalue weighted by atomic mass is 10.2. The van der Waals surface area contributed by atoms with Gasteiger partial charge in [0.25, 0.3) is 0 Å². The van der Waals surface area contributed by atoms with Crippen molar-refractivity contribution in [1.29, 1.82) is 0 Å². The van der Waals surface area contributed by atoms with Crippen LogP contribution in [0, 0.1) is 0 Å². The molecule has 1 aliphatic heterocycles. The summed E-state index contributed by atoms with van der Waals surface area (Å²) in [5, 5.41) is 7.07. The van der Waals surface area contributed by atoms with Crippen LogP contribution < -0.4 is 5.32 Å². The largest absolute Gasteiger partial charge is 0.372 e. The van der Waals surface area contributed by atoms with Crippen LogP contribution in [0.2, 0.25) is 0 Å². The number of urea groups is 1. The number of nitrogens with zero attached hydrogens (tertiary/aromatic N) is 3. The number of carbonyl (C=O) groups is 1. The summed E-state index contributed by atoms with van der Waals surface area (Å²) in [4.78, 5) is 13.8. The highest BCUT2D eigenvalue weighted by atomic mass is 16.5. The van der Waals surface area contributed by atoms with Crippen molar-refractivity contribution >= 4 is 6.03 Å². The van der Waals surface area contributed by atoms with Crippen molar-refractivity contribution in [3.8, 4) is 0 Å². The molecule has 0 aliphatic carbocycles. The van der Waals surface area contributed by atoms with Gasteiger partial charge < -0.3 is 15.0 Å². The van der Waals surface area contributed by atoms with Gasteiger partial charge in [0, 0.05) is 38.6 Å². The van der Waals surface area contributed by atoms with Crippen LogP contribution in [0.25, 0.3) is 0 Å². The summed E-state index contributed by atoms with van der Waals surface area (Å²) < 4.78 is 7.47. The maximum absolute atomic E-state index is 12.0. The van der Waals surface area contributed by atoms with Gasteiger partial charge >= 0.3 is 6.03 Å². The number of hydrogen-bond acceptors (Lipinski definition) is 3. The van der Waals surface area contributed by atoms with E-state index in [1.54, 1.807) is 6.20 Å². The second kappa shape index (κ2) is 6.56. The number of amides is 2. The van der Waals surface area contributed by atoms with Gasteiger partial charge in [-0.2, -0.15) is 5.10 Å². The highest BCUT2D eigenvalue weighted by Crippen LogP contribution is 2.10. The third-order valence-corrected chi connectivity index (χ3v) is 3.11. The number of morpholine rings is 1. The lowest BCUT2D eigenvalue weighted by molar-refractivity contribution is -0.0545. The van der Waals surface area contributed by atoms with Crippen LogP contribution in [0.5, 0.6) is 0 Å². The number of hydrogen-bond donors (Lipinski definition) is 1. The highest BCUT2D eigenvalue weighted by molar-refractivity contribution is 5.74. The van der Waals surface area contributed by atoms with Crippen LogP contribution in [0.1, 0.15) is 20.3 Å². The molecule has 0 unspecified atom stereocenters. The third kappa shape index (κ3) is 4.24. The average molecular weight is 266 g/mol. The first-order chi connectivity index (χ1) is 9.15. The van der Waals surface area contributed by atoms with E-state index in [1.165, 1.54) is 0 Å². The van der Waals surface area contributed by atoms with Crippen LogP contribution in [0.15, 0.2) is 18.5 Å². The van der Waals surface area contributed by atoms with Crippen molar-refractivity contribution in [1.82, 2.24) is 20.0 Å². The first-order valence-electron chi connectivity index (χ1n) is 6.81. The lowest BCUT2D eigenvalue weighted by Gasteiger charge is -2.35. The van der Waals surface area contributed by atoms with E-state index in [-0.39, 0.29) is 18.2 Å². The fraction of sp³-hybridized carbons (Fsp3) is 0.692. The SMILES string of the molecule is C[C@H]1CN(C(=O)NCCCn2cccn2)C[C@H](C)O1. The summed E-state index contributed by atoms with van der Waals surface area (Å²) in [5.74, 6) is 0. The average Bonchev–Trinajstić information content (AvgIpc) is 2.86. The van der Waals surface area contributed by atoms with E-state index in [0.717, 1.165) is 13.0 Å². The summed E-state index contributed by atoms with van der Waals surface area (Å²) in [6, 6.07) is 1.90. The zero-order chi connectivity index (χ0) is 13.7. The molecule has 1 fully saturated rings. The molecule has 2 amide bonds. The van der Waals surface area contributed by atoms with Crippen LogP contribution in [0.3, 0.4) is 0 Å². The van der Waals surface area contributed by atoms with Gasteiger partial charge in [-0.05, 0) is 26.3 Å². The lowest BCUT2D eigenvalue weighted by Crippen LogP contribution is -2.51. The van der Waals surface area contributed by atoms with Crippen molar-refractivity contribution in [2.75, 3.05) is 19.6 Å². The molecule has 0 saturated carbocycles. The monoisotopic (exact) mass is 266 g/mol. The van der Waals surface area contributed by atoms with E-state index in [4.69, 9.17) is 4.74 Å². The van der Waals surface area contributed by atoms with E-state index in [0.29, 0.717) is 19.6 Å². The van der Waals surface area contributed by atoms with E-state index >= 15 is 0 Å². The topological polar surface area (TPSA) is 59.4 Å². The van der Waals surface area contributed by atoms with Crippen LogP contribution in [-0.2, 0) is 11.3 Å². The molecule has 1 aromatic rings. The molecular weight excluding hydrogens is 244 g/mol. The molecule has 106 valence electrons. The van der Waals surface area contributed by atoms with E-state index < -0.39 is 0 Å². The molecule has 6 heteroatoms. The summed E-state index contributed by atoms with van der Waals surface area (Å²) in [6.45, 7) is 6.80. The highest BCUT2D eigenvalue weighted by Gasteiger charge is 2.25. The summed E-state index contributed by atoms with van der Waals surface area (Å²) in [6.07, 6.45) is 4.78. The summed E-state index contributed by atoms with van der Waals surface area (Å²) in [5.41, 5.74) is 0. The Hall–Kier alpha value is -1.56. The summed E-state index contributed by atoms with van der Waals surface area (Å²) >= 11 is 0. The second-order valence-corrected chi connectivity index (χ2v) is 5.02. The Morgan fingerprint density at radius 3 is 2.79 bits per heavy atom. The Bertz CT molecular complexity index is 383. The molecule has 1 aromatic heterocycles. The summed E-state index contributed by atoms with van der Waals surface area (Å²) in [7, 11) is 0. The number of aromatic nitrogens is 2. The second-order valence-electron chi connectivity index (χ2n) is 5.02. The quantitative estimate of drug-likeness (QED) is 0.830. The van der Waals surface area contributed by atoms with Crippen LogP contribution >= 0.6 is 0 Å². The number of aryl methyl sites for hydroxylation is 1. The van der Waals surface area contributed by atoms with Gasteiger partial charge in [0.2, 0.25) is 0 Å². The zero-order valence-corrected chi connectivity index (χ0v) is 11.6. The molecule has 0 radical (unpaired) electrons. The minimum Gasteiger partial charge on any atom is -0.372 e. The minimum absolute atomic E-state index is 0.00228. The molecule has 1 saturated heterocycles. The van der Waals surface area contributed by atoms with Crippen molar-refractivity contribution < 1.29 is 9.53 Å². The van der Waals surface area contributed by atoms with Gasteiger partial charge in [-0.3, -0.25) is 4.68 Å². The molecule has 6 nitrogen and oxygen atoms in total. The Labute approximate surface area is 113 Å². The Kier molecular flexibility index (Phi) is 4.79. The smallest absolute Gasteiger partial charge is 0.317 e. The van der Waals surface area contributed by atoms with Gasteiger partial charge in [0.1, 0.15) is 0 Å². The minimum atomic E-state index is 0.00228. The third-order valence-electron chi connectivity index (χ3n) is 3.11. The van der Waals surface area contributed by atoms with Gasteiger partial charge in [-0.1, -0.05) is 0 Å². The zero-order valence-electron chi connectivity index (χ0n) is 11.6. The molecule has 0 spiro atoms. The van der Waals surface area contributed by atoms with Gasteiger partial charge in [0.15, 0.2) is 0 Å². The number of rotatable bonds is 4. The molecule has 0 aromatic carbocycles. The van der Waals surface area contributed by atoms with E-state index in [1.807, 2.05) is 35.7 Å². The van der Waals surface area contributed by atoms with Gasteiger partial charge in [-0.25, -0.2) is 4.79 Å². The van der Waals surface area contributed by atoms with Crippen LogP contribution in [-0.4, -0.2) is 52.6 Å². The van der Waals surface area contributed by atoms with Crippen molar-refractivity contribution in [3.63, 3.8) is 0 Å². The van der Waals surface area contributed by atoms with E-state index in [2.05, 4.69) is 10.4 Å². The standard InChI is InChI=1S/C13H22N4O2/c1-11-9-16(10-12(2)19-11)13(18)14-5-3-7-17-8-4-6-15-17/h4,6,8,11-12H,3,5,7,9-10H2,1-2H3,(H,14,18)/t11-,12-/m0/s1. The maximum atomic E-state index is 12.0. The predicted octanol–water partition coefficient (Wildman–Crippen LogP) is 1.09. The Morgan fingerprint density at radius 1 is 1.42 bits per heavy atom. The number of carbonyl (C=O) groups excluding carboxylic acids is 1. The normalized spacial score (nSPS) is 23.4. The van der Waals surface area contributed by atoms with Crippen molar-refractivity contribution in [2.45, 2.75) is 39.0 Å². The first-order valence-corrected chi connectivity index (χ1v) is 6.81. The number of nitrogens with one attached hydrogen (secondary N) is 1. The van der Waals surface area contributed by atoms with Gasteiger partial charge in [0.05, 0.1) is 12.2 Å². The fourth-order valence-electron chi connectivity index (χ4n) is 2.32. The Morgan fingerprint density at radius 2 is 2.16 bits per heavy atom. The molecule has 1 aliphatic rings. The maximum Gasteiger partial charge on any atom is 0.317 e. The molecular formula is C13H22N4O2. The molecule has 2 heterocycles. The fourth-order valence-corrected chi connectivity index (χ4v) is 2.32. The van der Waals surface area contributed by atoms with E-state index in [9.17, 15) is 4.79 Å². The van der Waals surface area contributed by atoms with Gasteiger partial charge in [-0.15, -0.1) is 0 Å². The van der Waals surface area contributed by atoms with Crippen molar-refractivity contribution in [2.24, 2.45) is 0 Å². The van der Waals surface area contributed by atoms with Crippen molar-refractivity contribution in [3.05, 3.63) is 18.5 Å². The number of ether oxygens (including phenoxy) is 1. The molecule has 19 heavy (non-hydrogen) atoms. The predicted molar refractivity (Wildman–Crippen MR) is 71.8 cm³/mol. The molecule has 2 rings (SSSR count). The first kappa shape index (κ1) is 13.9. The Balaban J connectivity index is 1.66. The molecule has 0 bridgehead atoms. The molecule has 1 N–H and O–H groups in total.